The van der Waals surface area contributed by atoms with Crippen molar-refractivity contribution in [1.29, 1.82) is 0 Å². The van der Waals surface area contributed by atoms with Gasteiger partial charge in [-0.15, -0.1) is 0 Å². The van der Waals surface area contributed by atoms with Crippen LogP contribution in [0.2, 0.25) is 0 Å². The zero-order valence-corrected chi connectivity index (χ0v) is 18.9. The van der Waals surface area contributed by atoms with Gasteiger partial charge in [-0.1, -0.05) is 24.3 Å². The maximum atomic E-state index is 12.9. The average Bonchev–Trinajstić information content (AvgIpc) is 3.09. The van der Waals surface area contributed by atoms with Gasteiger partial charge < -0.3 is 4.90 Å². The van der Waals surface area contributed by atoms with Crippen LogP contribution in [0.25, 0.3) is 11.0 Å². The molecular formula is C23H25N5O3S. The molecule has 0 aliphatic carbocycles. The molecular weight excluding hydrogens is 426 g/mol. The van der Waals surface area contributed by atoms with Crippen molar-refractivity contribution in [3.8, 4) is 0 Å². The molecule has 5 rings (SSSR count). The number of rotatable bonds is 2. The van der Waals surface area contributed by atoms with Crippen LogP contribution in [-0.2, 0) is 15.4 Å². The van der Waals surface area contributed by atoms with Crippen LogP contribution in [0.15, 0.2) is 48.7 Å². The minimum atomic E-state index is -3.36. The number of nitrogens with one attached hydrogen (secondary N) is 1. The lowest BCUT2D eigenvalue weighted by atomic mass is 9.74. The number of sulfonamides is 1. The van der Waals surface area contributed by atoms with Gasteiger partial charge >= 0.3 is 6.03 Å². The first-order valence-electron chi connectivity index (χ1n) is 10.6. The van der Waals surface area contributed by atoms with Gasteiger partial charge in [0.15, 0.2) is 5.82 Å². The molecule has 1 fully saturated rings. The smallest absolute Gasteiger partial charge is 0.323 e. The van der Waals surface area contributed by atoms with E-state index in [-0.39, 0.29) is 11.4 Å². The molecule has 1 saturated heterocycles. The molecule has 2 aliphatic heterocycles. The fourth-order valence-corrected chi connectivity index (χ4v) is 5.81. The molecule has 0 bridgehead atoms. The Morgan fingerprint density at radius 2 is 1.84 bits per heavy atom. The van der Waals surface area contributed by atoms with Crippen molar-refractivity contribution in [2.45, 2.75) is 25.2 Å². The topological polar surface area (TPSA) is 95.5 Å². The van der Waals surface area contributed by atoms with Gasteiger partial charge in [-0.05, 0) is 49.1 Å². The third-order valence-corrected chi connectivity index (χ3v) is 7.66. The van der Waals surface area contributed by atoms with Crippen molar-refractivity contribution in [3.05, 3.63) is 59.8 Å². The van der Waals surface area contributed by atoms with Crippen molar-refractivity contribution in [1.82, 2.24) is 14.9 Å². The van der Waals surface area contributed by atoms with Crippen LogP contribution in [0.5, 0.6) is 0 Å². The number of carbonyl (C=O) groups excluding carboxylic acids is 1. The number of anilines is 2. The third kappa shape index (κ3) is 3.56. The minimum absolute atomic E-state index is 0.216. The summed E-state index contributed by atoms with van der Waals surface area (Å²) in [6, 6.07) is 13.3. The maximum Gasteiger partial charge on any atom is 0.323 e. The fraction of sp³-hybridized carbons (Fsp3) is 0.348. The molecule has 2 amide bonds. The van der Waals surface area contributed by atoms with E-state index in [0.29, 0.717) is 38.3 Å². The fourth-order valence-electron chi connectivity index (χ4n) is 4.82. The standard InChI is InChI=1S/C23H25N5O3S/c1-16-7-8-18-19(13-16)24-14-21(25-18)26-22(29)27-11-9-23(10-12-27)15-28(32(2,30)31)20-6-4-3-5-17(20)23/h3-8,13-14H,9-12,15H2,1-2H3,(H,25,26,29). The lowest BCUT2D eigenvalue weighted by molar-refractivity contribution is 0.173. The summed E-state index contributed by atoms with van der Waals surface area (Å²) in [7, 11) is -3.36. The first kappa shape index (κ1) is 20.7. The number of hydrogen-bond donors (Lipinski definition) is 1. The van der Waals surface area contributed by atoms with E-state index in [2.05, 4.69) is 15.3 Å². The van der Waals surface area contributed by atoms with E-state index in [1.54, 1.807) is 11.1 Å². The Morgan fingerprint density at radius 1 is 1.09 bits per heavy atom. The van der Waals surface area contributed by atoms with Gasteiger partial charge in [-0.25, -0.2) is 18.2 Å². The van der Waals surface area contributed by atoms with Crippen LogP contribution in [0, 0.1) is 6.92 Å². The second-order valence-corrected chi connectivity index (χ2v) is 10.6. The Balaban J connectivity index is 1.31. The number of nitrogens with zero attached hydrogens (tertiary/aromatic N) is 4. The van der Waals surface area contributed by atoms with Gasteiger partial charge in [0.1, 0.15) is 0 Å². The molecule has 1 aromatic heterocycles. The van der Waals surface area contributed by atoms with Gasteiger partial charge in [0, 0.05) is 25.0 Å². The summed E-state index contributed by atoms with van der Waals surface area (Å²) < 4.78 is 26.2. The summed E-state index contributed by atoms with van der Waals surface area (Å²) in [6.07, 6.45) is 4.22. The van der Waals surface area contributed by atoms with Gasteiger partial charge in [0.25, 0.3) is 0 Å². The molecule has 3 heterocycles. The predicted octanol–water partition coefficient (Wildman–Crippen LogP) is 3.28. The molecule has 3 aromatic rings. The van der Waals surface area contributed by atoms with Crippen LogP contribution in [0.1, 0.15) is 24.0 Å². The molecule has 9 heteroatoms. The van der Waals surface area contributed by atoms with E-state index in [4.69, 9.17) is 0 Å². The first-order valence-corrected chi connectivity index (χ1v) is 12.5. The van der Waals surface area contributed by atoms with Gasteiger partial charge in [0.05, 0.1) is 29.2 Å². The molecule has 166 valence electrons. The highest BCUT2D eigenvalue weighted by Gasteiger charge is 2.47. The number of hydrogen-bond acceptors (Lipinski definition) is 5. The quantitative estimate of drug-likeness (QED) is 0.645. The third-order valence-electron chi connectivity index (χ3n) is 6.53. The monoisotopic (exact) mass is 451 g/mol. The van der Waals surface area contributed by atoms with E-state index < -0.39 is 10.0 Å². The zero-order chi connectivity index (χ0) is 22.5. The normalized spacial score (nSPS) is 17.6. The van der Waals surface area contributed by atoms with Crippen LogP contribution >= 0.6 is 0 Å². The minimum Gasteiger partial charge on any atom is -0.324 e. The van der Waals surface area contributed by atoms with Gasteiger partial charge in [-0.2, -0.15) is 0 Å². The van der Waals surface area contributed by atoms with E-state index in [1.165, 1.54) is 10.6 Å². The molecule has 2 aromatic carbocycles. The number of urea groups is 1. The Hall–Kier alpha value is -3.20. The number of aryl methyl sites for hydroxylation is 1. The lowest BCUT2D eigenvalue weighted by Gasteiger charge is -2.39. The van der Waals surface area contributed by atoms with Gasteiger partial charge in [-0.3, -0.25) is 14.6 Å². The number of carbonyl (C=O) groups is 1. The molecule has 32 heavy (non-hydrogen) atoms. The first-order chi connectivity index (χ1) is 15.2. The van der Waals surface area contributed by atoms with Crippen molar-refractivity contribution >= 4 is 38.6 Å². The number of benzene rings is 2. The summed E-state index contributed by atoms with van der Waals surface area (Å²) in [5.74, 6) is 0.418. The molecule has 0 atom stereocenters. The van der Waals surface area contributed by atoms with E-state index in [0.717, 1.165) is 27.8 Å². The summed E-state index contributed by atoms with van der Waals surface area (Å²) in [5, 5.41) is 2.86. The molecule has 1 N–H and O–H groups in total. The van der Waals surface area contributed by atoms with Gasteiger partial charge in [0.2, 0.25) is 10.0 Å². The van der Waals surface area contributed by atoms with Crippen molar-refractivity contribution < 1.29 is 13.2 Å². The average molecular weight is 452 g/mol. The SMILES string of the molecule is Cc1ccc2nc(NC(=O)N3CCC4(CC3)CN(S(C)(=O)=O)c3ccccc34)cnc2c1. The predicted molar refractivity (Wildman–Crippen MR) is 124 cm³/mol. The zero-order valence-electron chi connectivity index (χ0n) is 18.1. The number of aromatic nitrogens is 2. The number of amides is 2. The second-order valence-electron chi connectivity index (χ2n) is 8.73. The number of piperidine rings is 1. The summed E-state index contributed by atoms with van der Waals surface area (Å²) in [5.41, 5.74) is 4.18. The maximum absolute atomic E-state index is 12.9. The van der Waals surface area contributed by atoms with Crippen LogP contribution < -0.4 is 9.62 Å². The molecule has 2 aliphatic rings. The highest BCUT2D eigenvalue weighted by atomic mass is 32.2. The van der Waals surface area contributed by atoms with E-state index in [9.17, 15) is 13.2 Å². The van der Waals surface area contributed by atoms with Crippen LogP contribution in [0.3, 0.4) is 0 Å². The van der Waals surface area contributed by atoms with Crippen molar-refractivity contribution in [3.63, 3.8) is 0 Å². The largest absolute Gasteiger partial charge is 0.324 e. The molecule has 0 radical (unpaired) electrons. The van der Waals surface area contributed by atoms with Crippen molar-refractivity contribution in [2.24, 2.45) is 0 Å². The Kier molecular flexibility index (Phi) is 4.81. The molecule has 8 nitrogen and oxygen atoms in total. The molecule has 0 saturated carbocycles. The Bertz CT molecular complexity index is 1320. The van der Waals surface area contributed by atoms with Crippen molar-refractivity contribution in [2.75, 3.05) is 35.5 Å². The lowest BCUT2D eigenvalue weighted by Crippen LogP contribution is -2.48. The summed E-state index contributed by atoms with van der Waals surface area (Å²) in [4.78, 5) is 23.5. The van der Waals surface area contributed by atoms with Crippen LogP contribution in [-0.4, -0.2) is 55.2 Å². The highest BCUT2D eigenvalue weighted by molar-refractivity contribution is 7.92. The molecule has 0 unspecified atom stereocenters. The summed E-state index contributed by atoms with van der Waals surface area (Å²) in [6.45, 7) is 3.50. The second kappa shape index (κ2) is 7.44. The van der Waals surface area contributed by atoms with E-state index in [1.807, 2.05) is 49.4 Å². The molecule has 1 spiro atoms. The van der Waals surface area contributed by atoms with E-state index >= 15 is 0 Å². The van der Waals surface area contributed by atoms with Crippen LogP contribution in [0.4, 0.5) is 16.3 Å². The number of likely N-dealkylation sites (tertiary alicyclic amines) is 1. The number of fused-ring (bicyclic) bond motifs is 3. The number of para-hydroxylation sites is 1. The Morgan fingerprint density at radius 3 is 2.59 bits per heavy atom. The highest BCUT2D eigenvalue weighted by Crippen LogP contribution is 2.47. The Labute approximate surface area is 187 Å². The summed E-state index contributed by atoms with van der Waals surface area (Å²) >= 11 is 0.